The van der Waals surface area contributed by atoms with E-state index in [4.69, 9.17) is 10.00 Å². The Morgan fingerprint density at radius 2 is 1.95 bits per heavy atom. The van der Waals surface area contributed by atoms with Gasteiger partial charge in [-0.3, -0.25) is 0 Å². The first-order chi connectivity index (χ1) is 9.04. The van der Waals surface area contributed by atoms with Gasteiger partial charge in [-0.2, -0.15) is 5.26 Å². The molecule has 0 aliphatic carbocycles. The third kappa shape index (κ3) is 5.33. The molecule has 0 saturated carbocycles. The normalized spacial score (nSPS) is 10.7. The van der Waals surface area contributed by atoms with Crippen LogP contribution in [0.3, 0.4) is 0 Å². The maximum Gasteiger partial charge on any atom is 0.131 e. The third-order valence-electron chi connectivity index (χ3n) is 2.52. The van der Waals surface area contributed by atoms with Crippen LogP contribution in [0.1, 0.15) is 31.4 Å². The number of ether oxygens (including phenoxy) is 1. The molecule has 1 rings (SSSR count). The van der Waals surface area contributed by atoms with Gasteiger partial charge in [-0.1, -0.05) is 0 Å². The average molecular weight is 268 g/mol. The van der Waals surface area contributed by atoms with Gasteiger partial charge in [0.15, 0.2) is 0 Å². The van der Waals surface area contributed by atoms with Crippen molar-refractivity contribution in [3.8, 4) is 6.07 Å². The Labute approximate surface area is 112 Å². The van der Waals surface area contributed by atoms with Crippen molar-refractivity contribution >= 4 is 0 Å². The summed E-state index contributed by atoms with van der Waals surface area (Å²) in [7, 11) is 0. The summed E-state index contributed by atoms with van der Waals surface area (Å²) in [4.78, 5) is 0. The highest BCUT2D eigenvalue weighted by Crippen LogP contribution is 2.14. The fourth-order valence-corrected chi connectivity index (χ4v) is 1.57. The summed E-state index contributed by atoms with van der Waals surface area (Å²) in [5, 5.41) is 11.5. The van der Waals surface area contributed by atoms with Crippen molar-refractivity contribution in [2.75, 3.05) is 13.2 Å². The van der Waals surface area contributed by atoms with Gasteiger partial charge in [-0.05, 0) is 38.9 Å². The summed E-state index contributed by atoms with van der Waals surface area (Å²) in [5.74, 6) is -1.38. The molecular formula is C14H18F2N2O. The maximum absolute atomic E-state index is 13.5. The van der Waals surface area contributed by atoms with E-state index in [0.29, 0.717) is 13.2 Å². The van der Waals surface area contributed by atoms with Gasteiger partial charge in [0.05, 0.1) is 17.7 Å². The van der Waals surface area contributed by atoms with Crippen molar-refractivity contribution < 1.29 is 13.5 Å². The Hall–Kier alpha value is -1.51. The molecule has 0 spiro atoms. The predicted molar refractivity (Wildman–Crippen MR) is 68.5 cm³/mol. The number of rotatable bonds is 7. The van der Waals surface area contributed by atoms with E-state index in [1.54, 1.807) is 6.07 Å². The molecule has 0 saturated heterocycles. The van der Waals surface area contributed by atoms with Gasteiger partial charge >= 0.3 is 0 Å². The van der Waals surface area contributed by atoms with Crippen molar-refractivity contribution in [2.45, 2.75) is 32.9 Å². The summed E-state index contributed by atoms with van der Waals surface area (Å²) >= 11 is 0. The summed E-state index contributed by atoms with van der Waals surface area (Å²) < 4.78 is 32.4. The minimum absolute atomic E-state index is 0.0101. The SMILES string of the molecule is CC(C)OCCCNCc1c(F)cc(C#N)cc1F. The molecule has 3 nitrogen and oxygen atoms in total. The molecule has 104 valence electrons. The van der Waals surface area contributed by atoms with Gasteiger partial charge in [0.1, 0.15) is 11.6 Å². The highest BCUT2D eigenvalue weighted by molar-refractivity contribution is 5.34. The second-order valence-corrected chi connectivity index (χ2v) is 4.48. The fraction of sp³-hybridized carbons (Fsp3) is 0.500. The Morgan fingerprint density at radius 1 is 1.32 bits per heavy atom. The van der Waals surface area contributed by atoms with Crippen LogP contribution in [0.4, 0.5) is 8.78 Å². The van der Waals surface area contributed by atoms with Gasteiger partial charge in [-0.15, -0.1) is 0 Å². The van der Waals surface area contributed by atoms with Crippen molar-refractivity contribution in [2.24, 2.45) is 0 Å². The van der Waals surface area contributed by atoms with E-state index in [1.807, 2.05) is 13.8 Å². The van der Waals surface area contributed by atoms with Gasteiger partial charge in [0.25, 0.3) is 0 Å². The third-order valence-corrected chi connectivity index (χ3v) is 2.52. The quantitative estimate of drug-likeness (QED) is 0.773. The Morgan fingerprint density at radius 3 is 2.47 bits per heavy atom. The Bertz CT molecular complexity index is 432. The smallest absolute Gasteiger partial charge is 0.131 e. The van der Waals surface area contributed by atoms with Gasteiger partial charge in [-0.25, -0.2) is 8.78 Å². The summed E-state index contributed by atoms with van der Waals surface area (Å²) in [6.07, 6.45) is 0.964. The molecule has 0 fully saturated rings. The highest BCUT2D eigenvalue weighted by atomic mass is 19.1. The molecule has 0 heterocycles. The van der Waals surface area contributed by atoms with Crippen LogP contribution in [0, 0.1) is 23.0 Å². The number of hydrogen-bond acceptors (Lipinski definition) is 3. The molecule has 0 radical (unpaired) electrons. The molecule has 1 N–H and O–H groups in total. The standard InChI is InChI=1S/C14H18F2N2O/c1-10(2)19-5-3-4-18-9-12-13(15)6-11(8-17)7-14(12)16/h6-7,10,18H,3-5,9H2,1-2H3. The zero-order chi connectivity index (χ0) is 14.3. The lowest BCUT2D eigenvalue weighted by atomic mass is 10.1. The molecule has 1 aromatic rings. The Kier molecular flexibility index (Phi) is 6.40. The lowest BCUT2D eigenvalue weighted by Crippen LogP contribution is -2.19. The molecule has 0 aliphatic heterocycles. The monoisotopic (exact) mass is 268 g/mol. The van der Waals surface area contributed by atoms with Crippen LogP contribution in [0.25, 0.3) is 0 Å². The first kappa shape index (κ1) is 15.5. The summed E-state index contributed by atoms with van der Waals surface area (Å²) in [6.45, 7) is 5.24. The lowest BCUT2D eigenvalue weighted by molar-refractivity contribution is 0.0770. The first-order valence-corrected chi connectivity index (χ1v) is 6.25. The molecule has 0 unspecified atom stereocenters. The predicted octanol–water partition coefficient (Wildman–Crippen LogP) is 2.74. The number of nitrogens with one attached hydrogen (secondary N) is 1. The molecule has 0 atom stereocenters. The zero-order valence-electron chi connectivity index (χ0n) is 11.2. The second-order valence-electron chi connectivity index (χ2n) is 4.48. The van der Waals surface area contributed by atoms with E-state index >= 15 is 0 Å². The Balaban J connectivity index is 2.40. The van der Waals surface area contributed by atoms with Crippen LogP contribution in [-0.2, 0) is 11.3 Å². The van der Waals surface area contributed by atoms with Crippen molar-refractivity contribution in [1.29, 1.82) is 5.26 Å². The second kappa shape index (κ2) is 7.82. The van der Waals surface area contributed by atoms with Crippen molar-refractivity contribution in [3.05, 3.63) is 34.9 Å². The van der Waals surface area contributed by atoms with Crippen molar-refractivity contribution in [1.82, 2.24) is 5.32 Å². The molecule has 0 bridgehead atoms. The molecule has 19 heavy (non-hydrogen) atoms. The molecule has 0 aliphatic rings. The highest BCUT2D eigenvalue weighted by Gasteiger charge is 2.10. The number of benzene rings is 1. The van der Waals surface area contributed by atoms with Gasteiger partial charge in [0, 0.05) is 18.7 Å². The molecule has 0 aromatic heterocycles. The number of halogens is 2. The lowest BCUT2D eigenvalue weighted by Gasteiger charge is -2.09. The molecular weight excluding hydrogens is 250 g/mol. The summed E-state index contributed by atoms with van der Waals surface area (Å²) in [6, 6.07) is 3.80. The summed E-state index contributed by atoms with van der Waals surface area (Å²) in [5.41, 5.74) is -0.0483. The van der Waals surface area contributed by atoms with E-state index in [-0.39, 0.29) is 23.8 Å². The van der Waals surface area contributed by atoms with Crippen LogP contribution in [0.2, 0.25) is 0 Å². The van der Waals surface area contributed by atoms with E-state index in [0.717, 1.165) is 18.6 Å². The number of nitrogens with zero attached hydrogens (tertiary/aromatic N) is 1. The van der Waals surface area contributed by atoms with Crippen LogP contribution < -0.4 is 5.32 Å². The average Bonchev–Trinajstić information content (AvgIpc) is 2.35. The minimum atomic E-state index is -0.692. The topological polar surface area (TPSA) is 45.0 Å². The van der Waals surface area contributed by atoms with E-state index in [9.17, 15) is 8.78 Å². The van der Waals surface area contributed by atoms with Gasteiger partial charge in [0.2, 0.25) is 0 Å². The first-order valence-electron chi connectivity index (χ1n) is 6.25. The van der Waals surface area contributed by atoms with Crippen LogP contribution in [0.5, 0.6) is 0 Å². The van der Waals surface area contributed by atoms with Crippen LogP contribution in [-0.4, -0.2) is 19.3 Å². The maximum atomic E-state index is 13.5. The van der Waals surface area contributed by atoms with Crippen LogP contribution in [0.15, 0.2) is 12.1 Å². The molecule has 5 heteroatoms. The van der Waals surface area contributed by atoms with E-state index < -0.39 is 11.6 Å². The fourth-order valence-electron chi connectivity index (χ4n) is 1.57. The van der Waals surface area contributed by atoms with E-state index in [2.05, 4.69) is 5.32 Å². The largest absolute Gasteiger partial charge is 0.379 e. The molecule has 0 amide bonds. The van der Waals surface area contributed by atoms with E-state index in [1.165, 1.54) is 0 Å². The van der Waals surface area contributed by atoms with Crippen LogP contribution >= 0.6 is 0 Å². The minimum Gasteiger partial charge on any atom is -0.379 e. The number of nitriles is 1. The zero-order valence-corrected chi connectivity index (χ0v) is 11.2. The number of hydrogen-bond donors (Lipinski definition) is 1. The van der Waals surface area contributed by atoms with Crippen molar-refractivity contribution in [3.63, 3.8) is 0 Å². The molecule has 1 aromatic carbocycles. The van der Waals surface area contributed by atoms with Gasteiger partial charge < -0.3 is 10.1 Å².